The van der Waals surface area contributed by atoms with Crippen molar-refractivity contribution < 1.29 is 36.7 Å². The van der Waals surface area contributed by atoms with Crippen LogP contribution in [0.2, 0.25) is 0 Å². The summed E-state index contributed by atoms with van der Waals surface area (Å²) in [6, 6.07) is 8.34. The number of ether oxygens (including phenoxy) is 3. The summed E-state index contributed by atoms with van der Waals surface area (Å²) >= 11 is 0. The highest BCUT2D eigenvalue weighted by Gasteiger charge is 2.37. The van der Waals surface area contributed by atoms with Crippen molar-refractivity contribution in [2.24, 2.45) is 0 Å². The van der Waals surface area contributed by atoms with E-state index in [4.69, 9.17) is 18.4 Å². The summed E-state index contributed by atoms with van der Waals surface area (Å²) in [6.45, 7) is 2.87. The van der Waals surface area contributed by atoms with Gasteiger partial charge in [-0.05, 0) is 26.0 Å². The Balaban J connectivity index is 1.99. The number of aliphatic hydroxyl groups is 1. The van der Waals surface area contributed by atoms with Crippen LogP contribution in [0.25, 0.3) is 0 Å². The summed E-state index contributed by atoms with van der Waals surface area (Å²) in [5.74, 6) is -1.93. The second kappa shape index (κ2) is 8.45. The van der Waals surface area contributed by atoms with Gasteiger partial charge in [0.05, 0.1) is 30.6 Å². The van der Waals surface area contributed by atoms with Gasteiger partial charge in [0, 0.05) is 6.42 Å². The zero-order chi connectivity index (χ0) is 19.4. The first-order chi connectivity index (χ1) is 12.0. The van der Waals surface area contributed by atoms with E-state index in [2.05, 4.69) is 0 Å². The average molecular weight is 388 g/mol. The molecule has 9 heteroatoms. The van der Waals surface area contributed by atoms with Crippen molar-refractivity contribution in [3.8, 4) is 0 Å². The van der Waals surface area contributed by atoms with Crippen molar-refractivity contribution in [2.75, 3.05) is 19.5 Å². The third-order valence-corrected chi connectivity index (χ3v) is 4.14. The van der Waals surface area contributed by atoms with Gasteiger partial charge < -0.3 is 19.3 Å². The van der Waals surface area contributed by atoms with Gasteiger partial charge in [0.15, 0.2) is 5.79 Å². The fraction of sp³-hybridized carbons (Fsp3) is 0.588. The predicted molar refractivity (Wildman–Crippen MR) is 92.0 cm³/mol. The van der Waals surface area contributed by atoms with Crippen molar-refractivity contribution in [1.29, 1.82) is 0 Å². The van der Waals surface area contributed by atoms with Gasteiger partial charge in [-0.25, -0.2) is 4.79 Å². The molecule has 2 rings (SSSR count). The maximum absolute atomic E-state index is 12.1. The summed E-state index contributed by atoms with van der Waals surface area (Å²) < 4.78 is 44.3. The second-order valence-electron chi connectivity index (χ2n) is 6.60. The lowest BCUT2D eigenvalue weighted by Crippen LogP contribution is -2.36. The van der Waals surface area contributed by atoms with Crippen molar-refractivity contribution >= 4 is 16.1 Å². The molecule has 26 heavy (non-hydrogen) atoms. The van der Waals surface area contributed by atoms with E-state index < -0.39 is 40.2 Å². The van der Waals surface area contributed by atoms with Gasteiger partial charge in [0.25, 0.3) is 10.1 Å². The molecule has 1 N–H and O–H groups in total. The summed E-state index contributed by atoms with van der Waals surface area (Å²) in [5.41, 5.74) is 0.348. The first-order valence-corrected chi connectivity index (χ1v) is 9.97. The SMILES string of the molecule is CC(C)(O)O[C@H]1CO[C@H]([C@@H](COC(=O)c2ccccc2)OS(C)(=O)=O)C1. The Kier molecular flexibility index (Phi) is 6.75. The van der Waals surface area contributed by atoms with Crippen LogP contribution in [0.5, 0.6) is 0 Å². The normalized spacial score (nSPS) is 22.2. The molecule has 8 nitrogen and oxygen atoms in total. The molecule has 0 bridgehead atoms. The molecule has 0 radical (unpaired) electrons. The molecule has 1 fully saturated rings. The van der Waals surface area contributed by atoms with Gasteiger partial charge >= 0.3 is 5.97 Å². The van der Waals surface area contributed by atoms with E-state index in [1.165, 1.54) is 13.8 Å². The molecule has 1 aliphatic rings. The largest absolute Gasteiger partial charge is 0.459 e. The minimum atomic E-state index is -3.79. The van der Waals surface area contributed by atoms with Gasteiger partial charge in [0.2, 0.25) is 0 Å². The average Bonchev–Trinajstić information content (AvgIpc) is 2.97. The van der Waals surface area contributed by atoms with Crippen molar-refractivity contribution in [1.82, 2.24) is 0 Å². The molecular formula is C17H24O8S. The Morgan fingerprint density at radius 3 is 2.58 bits per heavy atom. The number of hydrogen-bond acceptors (Lipinski definition) is 8. The molecule has 1 heterocycles. The van der Waals surface area contributed by atoms with Crippen molar-refractivity contribution in [2.45, 2.75) is 44.4 Å². The second-order valence-corrected chi connectivity index (χ2v) is 8.20. The molecule has 1 saturated heterocycles. The van der Waals surface area contributed by atoms with Gasteiger partial charge in [0.1, 0.15) is 12.7 Å². The Bertz CT molecular complexity index is 695. The van der Waals surface area contributed by atoms with Crippen LogP contribution >= 0.6 is 0 Å². The number of benzene rings is 1. The maximum Gasteiger partial charge on any atom is 0.338 e. The minimum absolute atomic E-state index is 0.172. The van der Waals surface area contributed by atoms with Crippen molar-refractivity contribution in [3.05, 3.63) is 35.9 Å². The van der Waals surface area contributed by atoms with Crippen LogP contribution < -0.4 is 0 Å². The van der Waals surface area contributed by atoms with Crippen LogP contribution in [0.1, 0.15) is 30.6 Å². The van der Waals surface area contributed by atoms with Gasteiger partial charge in [-0.3, -0.25) is 4.18 Å². The van der Waals surface area contributed by atoms with E-state index in [9.17, 15) is 18.3 Å². The first-order valence-electron chi connectivity index (χ1n) is 8.16. The lowest BCUT2D eigenvalue weighted by molar-refractivity contribution is -0.204. The van der Waals surface area contributed by atoms with Crippen LogP contribution in [0.15, 0.2) is 30.3 Å². The van der Waals surface area contributed by atoms with Gasteiger partial charge in [-0.2, -0.15) is 8.42 Å². The van der Waals surface area contributed by atoms with Gasteiger partial charge in [-0.1, -0.05) is 18.2 Å². The van der Waals surface area contributed by atoms with Crippen LogP contribution in [-0.2, 0) is 28.5 Å². The van der Waals surface area contributed by atoms with Crippen LogP contribution in [-0.4, -0.2) is 63.1 Å². The Hall–Kier alpha value is -1.52. The van der Waals surface area contributed by atoms with E-state index in [0.717, 1.165) is 6.26 Å². The quantitative estimate of drug-likeness (QED) is 0.401. The third-order valence-electron chi connectivity index (χ3n) is 3.55. The van der Waals surface area contributed by atoms with E-state index in [1.54, 1.807) is 30.3 Å². The molecule has 0 saturated carbocycles. The highest BCUT2D eigenvalue weighted by molar-refractivity contribution is 7.86. The first kappa shape index (κ1) is 20.8. The molecule has 0 aromatic heterocycles. The Morgan fingerprint density at radius 2 is 2.00 bits per heavy atom. The molecule has 1 aromatic rings. The molecule has 0 spiro atoms. The van der Waals surface area contributed by atoms with E-state index in [1.807, 2.05) is 0 Å². The van der Waals surface area contributed by atoms with Gasteiger partial charge in [-0.15, -0.1) is 0 Å². The summed E-state index contributed by atoms with van der Waals surface area (Å²) in [5, 5.41) is 9.72. The van der Waals surface area contributed by atoms with Crippen molar-refractivity contribution in [3.63, 3.8) is 0 Å². The fourth-order valence-electron chi connectivity index (χ4n) is 2.61. The molecule has 1 aromatic carbocycles. The monoisotopic (exact) mass is 388 g/mol. The maximum atomic E-state index is 12.1. The number of rotatable bonds is 8. The molecule has 146 valence electrons. The highest BCUT2D eigenvalue weighted by Crippen LogP contribution is 2.25. The molecule has 3 atom stereocenters. The lowest BCUT2D eigenvalue weighted by Gasteiger charge is -2.23. The minimum Gasteiger partial charge on any atom is -0.459 e. The standard InChI is InChI=1S/C17H24O8S/c1-17(2,19)24-13-9-14(22-10-13)15(25-26(3,20)21)11-23-16(18)12-7-5-4-6-8-12/h4-8,13-15,19H,9-11H2,1-3H3/t13-,14+,15-/m1/s1. The predicted octanol–water partition coefficient (Wildman–Crippen LogP) is 1.09. The summed E-state index contributed by atoms with van der Waals surface area (Å²) in [6.07, 6.45) is -0.865. The molecule has 0 amide bonds. The molecular weight excluding hydrogens is 364 g/mol. The zero-order valence-electron chi connectivity index (χ0n) is 15.0. The molecule has 0 unspecified atom stereocenters. The topological polar surface area (TPSA) is 108 Å². The Morgan fingerprint density at radius 1 is 1.35 bits per heavy atom. The fourth-order valence-corrected chi connectivity index (χ4v) is 3.24. The summed E-state index contributed by atoms with van der Waals surface area (Å²) in [7, 11) is -3.79. The van der Waals surface area contributed by atoms with E-state index in [0.29, 0.717) is 12.0 Å². The molecule has 1 aliphatic heterocycles. The van der Waals surface area contributed by atoms with Crippen LogP contribution in [0.3, 0.4) is 0 Å². The van der Waals surface area contributed by atoms with E-state index in [-0.39, 0.29) is 13.2 Å². The Labute approximate surface area is 153 Å². The highest BCUT2D eigenvalue weighted by atomic mass is 32.2. The number of carbonyl (C=O) groups excluding carboxylic acids is 1. The number of carbonyl (C=O) groups is 1. The van der Waals surface area contributed by atoms with Crippen LogP contribution in [0.4, 0.5) is 0 Å². The van der Waals surface area contributed by atoms with E-state index >= 15 is 0 Å². The smallest absolute Gasteiger partial charge is 0.338 e. The zero-order valence-corrected chi connectivity index (χ0v) is 15.8. The third kappa shape index (κ3) is 7.00. The number of esters is 1. The molecule has 0 aliphatic carbocycles. The number of hydrogen-bond donors (Lipinski definition) is 1. The van der Waals surface area contributed by atoms with Crippen LogP contribution in [0, 0.1) is 0 Å². The lowest BCUT2D eigenvalue weighted by atomic mass is 10.1. The summed E-state index contributed by atoms with van der Waals surface area (Å²) in [4.78, 5) is 12.1.